The zero-order valence-electron chi connectivity index (χ0n) is 20.5. The van der Waals surface area contributed by atoms with E-state index >= 15 is 0 Å². The molecular formula is C29H48N2. The molecule has 0 aliphatic rings. The molecule has 0 spiro atoms. The summed E-state index contributed by atoms with van der Waals surface area (Å²) in [6.07, 6.45) is 28.5. The molecule has 0 bridgehead atoms. The summed E-state index contributed by atoms with van der Waals surface area (Å²) in [5.74, 6) is 0.675. The fraction of sp³-hybridized carbons (Fsp3) is 0.690. The number of unbranched alkanes of at least 4 members (excludes halogenated alkanes) is 13. The van der Waals surface area contributed by atoms with Crippen LogP contribution < -0.4 is 0 Å². The summed E-state index contributed by atoms with van der Waals surface area (Å²) < 4.78 is 2.29. The highest BCUT2D eigenvalue weighted by molar-refractivity contribution is 5.15. The van der Waals surface area contributed by atoms with E-state index in [4.69, 9.17) is 0 Å². The van der Waals surface area contributed by atoms with E-state index in [0.717, 1.165) is 0 Å². The van der Waals surface area contributed by atoms with Gasteiger partial charge in [0.1, 0.15) is 0 Å². The Labute approximate surface area is 192 Å². The molecule has 2 heteroatoms. The van der Waals surface area contributed by atoms with Gasteiger partial charge in [0, 0.05) is 18.4 Å². The van der Waals surface area contributed by atoms with Gasteiger partial charge < -0.3 is 4.57 Å². The molecule has 0 aliphatic heterocycles. The molecule has 0 radical (unpaired) electrons. The monoisotopic (exact) mass is 424 g/mol. The van der Waals surface area contributed by atoms with Gasteiger partial charge in [0.25, 0.3) is 0 Å². The number of rotatable bonds is 19. The second-order valence-electron chi connectivity index (χ2n) is 9.59. The standard InChI is InChI=1S/C29H48N2/c1-3-4-5-6-7-8-9-10-11-12-13-14-15-19-22-29(25-28-20-17-16-18-21-28)27(2)31-24-23-30-26-31/h16-18,20-21,23-24,26-27,29H,3-15,19,22,25H2,1-2H3. The minimum absolute atomic E-state index is 0.504. The fourth-order valence-electron chi connectivity index (χ4n) is 4.79. The summed E-state index contributed by atoms with van der Waals surface area (Å²) in [6.45, 7) is 4.66. The first-order chi connectivity index (χ1) is 15.3. The Kier molecular flexibility index (Phi) is 14.1. The number of nitrogens with zero attached hydrogens (tertiary/aromatic N) is 2. The van der Waals surface area contributed by atoms with Crippen LogP contribution in [0.15, 0.2) is 49.1 Å². The van der Waals surface area contributed by atoms with Gasteiger partial charge in [0.15, 0.2) is 0 Å². The van der Waals surface area contributed by atoms with Gasteiger partial charge in [-0.1, -0.05) is 127 Å². The Bertz CT molecular complexity index is 619. The average Bonchev–Trinajstić information content (AvgIpc) is 3.34. The van der Waals surface area contributed by atoms with Crippen LogP contribution in [0.2, 0.25) is 0 Å². The lowest BCUT2D eigenvalue weighted by atomic mass is 9.88. The summed E-state index contributed by atoms with van der Waals surface area (Å²) in [5.41, 5.74) is 1.46. The first kappa shape index (κ1) is 25.7. The Balaban J connectivity index is 1.54. The van der Waals surface area contributed by atoms with E-state index in [2.05, 4.69) is 59.9 Å². The molecule has 174 valence electrons. The molecule has 2 aromatic rings. The topological polar surface area (TPSA) is 17.8 Å². The van der Waals surface area contributed by atoms with Crippen LogP contribution in [-0.4, -0.2) is 9.55 Å². The Morgan fingerprint density at radius 3 is 1.81 bits per heavy atom. The van der Waals surface area contributed by atoms with Crippen LogP contribution in [0.3, 0.4) is 0 Å². The van der Waals surface area contributed by atoms with Crippen LogP contribution in [0.5, 0.6) is 0 Å². The van der Waals surface area contributed by atoms with Crippen molar-refractivity contribution in [2.24, 2.45) is 5.92 Å². The molecule has 2 nitrogen and oxygen atoms in total. The van der Waals surface area contributed by atoms with E-state index in [0.29, 0.717) is 12.0 Å². The highest BCUT2D eigenvalue weighted by atomic mass is 15.0. The minimum Gasteiger partial charge on any atom is -0.334 e. The first-order valence-electron chi connectivity index (χ1n) is 13.3. The number of hydrogen-bond donors (Lipinski definition) is 0. The Morgan fingerprint density at radius 2 is 1.29 bits per heavy atom. The van der Waals surface area contributed by atoms with Crippen molar-refractivity contribution in [3.8, 4) is 0 Å². The van der Waals surface area contributed by atoms with Gasteiger partial charge in [-0.2, -0.15) is 0 Å². The SMILES string of the molecule is CCCCCCCCCCCCCCCCC(Cc1ccccc1)C(C)n1ccnc1. The maximum atomic E-state index is 4.27. The molecule has 0 saturated carbocycles. The lowest BCUT2D eigenvalue weighted by molar-refractivity contribution is 0.318. The molecular weight excluding hydrogens is 376 g/mol. The summed E-state index contributed by atoms with van der Waals surface area (Å²) in [4.78, 5) is 4.27. The fourth-order valence-corrected chi connectivity index (χ4v) is 4.79. The minimum atomic E-state index is 0.504. The molecule has 31 heavy (non-hydrogen) atoms. The Hall–Kier alpha value is -1.57. The Morgan fingerprint density at radius 1 is 0.742 bits per heavy atom. The number of benzene rings is 1. The largest absolute Gasteiger partial charge is 0.334 e. The van der Waals surface area contributed by atoms with Crippen molar-refractivity contribution in [3.63, 3.8) is 0 Å². The van der Waals surface area contributed by atoms with Crippen molar-refractivity contribution in [1.29, 1.82) is 0 Å². The van der Waals surface area contributed by atoms with E-state index in [1.54, 1.807) is 0 Å². The van der Waals surface area contributed by atoms with Crippen LogP contribution in [0.25, 0.3) is 0 Å². The molecule has 0 fully saturated rings. The summed E-state index contributed by atoms with van der Waals surface area (Å²) in [7, 11) is 0. The molecule has 1 aromatic heterocycles. The van der Waals surface area contributed by atoms with E-state index in [1.165, 1.54) is 108 Å². The van der Waals surface area contributed by atoms with Crippen LogP contribution in [0.1, 0.15) is 122 Å². The second kappa shape index (κ2) is 17.0. The molecule has 2 unspecified atom stereocenters. The zero-order valence-corrected chi connectivity index (χ0v) is 20.5. The molecule has 2 rings (SSSR count). The van der Waals surface area contributed by atoms with Crippen molar-refractivity contribution < 1.29 is 0 Å². The van der Waals surface area contributed by atoms with E-state index in [-0.39, 0.29) is 0 Å². The van der Waals surface area contributed by atoms with Crippen molar-refractivity contribution in [3.05, 3.63) is 54.6 Å². The summed E-state index contributed by atoms with van der Waals surface area (Å²) in [6, 6.07) is 11.5. The lowest BCUT2D eigenvalue weighted by Crippen LogP contribution is -2.18. The van der Waals surface area contributed by atoms with Gasteiger partial charge in [0.2, 0.25) is 0 Å². The number of aromatic nitrogens is 2. The van der Waals surface area contributed by atoms with Crippen molar-refractivity contribution >= 4 is 0 Å². The van der Waals surface area contributed by atoms with E-state index in [1.807, 2.05) is 12.5 Å². The summed E-state index contributed by atoms with van der Waals surface area (Å²) in [5, 5.41) is 0. The van der Waals surface area contributed by atoms with Gasteiger partial charge in [-0.3, -0.25) is 0 Å². The van der Waals surface area contributed by atoms with Crippen LogP contribution in [0, 0.1) is 5.92 Å². The van der Waals surface area contributed by atoms with E-state index < -0.39 is 0 Å². The zero-order chi connectivity index (χ0) is 22.0. The maximum absolute atomic E-state index is 4.27. The summed E-state index contributed by atoms with van der Waals surface area (Å²) >= 11 is 0. The van der Waals surface area contributed by atoms with Crippen molar-refractivity contribution in [1.82, 2.24) is 9.55 Å². The van der Waals surface area contributed by atoms with Gasteiger partial charge in [0.05, 0.1) is 6.33 Å². The molecule has 2 atom stereocenters. The quantitative estimate of drug-likeness (QED) is 0.205. The third-order valence-corrected chi connectivity index (χ3v) is 6.95. The molecule has 0 aliphatic carbocycles. The molecule has 0 saturated heterocycles. The van der Waals surface area contributed by atoms with Crippen molar-refractivity contribution in [2.75, 3.05) is 0 Å². The van der Waals surface area contributed by atoms with Gasteiger partial charge in [-0.05, 0) is 31.2 Å². The molecule has 1 aromatic carbocycles. The third-order valence-electron chi connectivity index (χ3n) is 6.95. The van der Waals surface area contributed by atoms with Crippen LogP contribution in [-0.2, 0) is 6.42 Å². The maximum Gasteiger partial charge on any atom is 0.0948 e. The normalized spacial score (nSPS) is 13.4. The van der Waals surface area contributed by atoms with Gasteiger partial charge >= 0.3 is 0 Å². The van der Waals surface area contributed by atoms with E-state index in [9.17, 15) is 0 Å². The van der Waals surface area contributed by atoms with Crippen LogP contribution in [0.4, 0.5) is 0 Å². The average molecular weight is 425 g/mol. The van der Waals surface area contributed by atoms with Crippen LogP contribution >= 0.6 is 0 Å². The smallest absolute Gasteiger partial charge is 0.0948 e. The van der Waals surface area contributed by atoms with Crippen molar-refractivity contribution in [2.45, 2.75) is 123 Å². The molecule has 0 N–H and O–H groups in total. The predicted molar refractivity (Wildman–Crippen MR) is 136 cm³/mol. The number of hydrogen-bond acceptors (Lipinski definition) is 1. The highest BCUT2D eigenvalue weighted by Gasteiger charge is 2.18. The first-order valence-corrected chi connectivity index (χ1v) is 13.3. The predicted octanol–water partition coefficient (Wildman–Crippen LogP) is 9.17. The van der Waals surface area contributed by atoms with Gasteiger partial charge in [-0.15, -0.1) is 0 Å². The highest BCUT2D eigenvalue weighted by Crippen LogP contribution is 2.27. The second-order valence-corrected chi connectivity index (χ2v) is 9.59. The lowest BCUT2D eigenvalue weighted by Gasteiger charge is -2.25. The van der Waals surface area contributed by atoms with Gasteiger partial charge in [-0.25, -0.2) is 4.98 Å². The molecule has 1 heterocycles. The molecule has 0 amide bonds. The number of imidazole rings is 1. The third kappa shape index (κ3) is 11.6.